The van der Waals surface area contributed by atoms with Crippen molar-refractivity contribution < 1.29 is 0 Å². The molecule has 0 aliphatic heterocycles. The first-order chi connectivity index (χ1) is 8.29. The minimum absolute atomic E-state index is 0.501. The Labute approximate surface area is 104 Å². The molecule has 3 aromatic rings. The number of hydrogen-bond donors (Lipinski definition) is 1. The van der Waals surface area contributed by atoms with Crippen LogP contribution in [0.4, 0.5) is 0 Å². The van der Waals surface area contributed by atoms with Gasteiger partial charge in [-0.25, -0.2) is 4.98 Å². The number of nitrogens with two attached hydrogens (primary N) is 1. The average Bonchev–Trinajstić information content (AvgIpc) is 2.89. The summed E-state index contributed by atoms with van der Waals surface area (Å²) >= 11 is 1.63. The Hall–Kier alpha value is -1.65. The van der Waals surface area contributed by atoms with Crippen LogP contribution in [0.3, 0.4) is 0 Å². The van der Waals surface area contributed by atoms with Gasteiger partial charge in [0.1, 0.15) is 0 Å². The van der Waals surface area contributed by atoms with Crippen molar-refractivity contribution in [2.45, 2.75) is 13.5 Å². The van der Waals surface area contributed by atoms with Gasteiger partial charge in [0, 0.05) is 23.7 Å². The number of benzene rings is 1. The molecule has 1 aromatic carbocycles. The van der Waals surface area contributed by atoms with E-state index >= 15 is 0 Å². The van der Waals surface area contributed by atoms with Crippen LogP contribution >= 0.6 is 11.3 Å². The Morgan fingerprint density at radius 3 is 2.76 bits per heavy atom. The molecule has 0 saturated heterocycles. The molecule has 0 fully saturated rings. The number of thiazole rings is 1. The smallest absolute Gasteiger partial charge is 0.194 e. The fraction of sp³-hybridized carbons (Fsp3) is 0.154. The highest BCUT2D eigenvalue weighted by atomic mass is 32.1. The Kier molecular flexibility index (Phi) is 2.46. The molecule has 3 rings (SSSR count). The molecule has 0 amide bonds. The maximum atomic E-state index is 5.83. The molecule has 3 nitrogen and oxygen atoms in total. The minimum atomic E-state index is 0.501. The molecule has 2 heterocycles. The summed E-state index contributed by atoms with van der Waals surface area (Å²) in [4.78, 5) is 5.65. The fourth-order valence-corrected chi connectivity index (χ4v) is 2.70. The van der Waals surface area contributed by atoms with E-state index in [1.165, 1.54) is 5.56 Å². The summed E-state index contributed by atoms with van der Waals surface area (Å²) in [5, 5.41) is 2.03. The van der Waals surface area contributed by atoms with E-state index < -0.39 is 0 Å². The number of aryl methyl sites for hydroxylation is 1. The third-order valence-electron chi connectivity index (χ3n) is 2.88. The fourth-order valence-electron chi connectivity index (χ4n) is 1.97. The SMILES string of the molecule is Cc1ccc(-c2nc3sccn3c2CN)cc1. The van der Waals surface area contributed by atoms with Crippen LogP contribution in [0.5, 0.6) is 0 Å². The molecule has 2 N–H and O–H groups in total. The molecule has 0 atom stereocenters. The second kappa shape index (κ2) is 3.98. The minimum Gasteiger partial charge on any atom is -0.325 e. The lowest BCUT2D eigenvalue weighted by Crippen LogP contribution is -2.01. The third kappa shape index (κ3) is 1.66. The number of nitrogens with zero attached hydrogens (tertiary/aromatic N) is 2. The number of rotatable bonds is 2. The molecular weight excluding hydrogens is 230 g/mol. The zero-order valence-corrected chi connectivity index (χ0v) is 10.4. The Morgan fingerprint density at radius 2 is 2.06 bits per heavy atom. The molecular formula is C13H13N3S. The summed E-state index contributed by atoms with van der Waals surface area (Å²) in [7, 11) is 0. The van der Waals surface area contributed by atoms with Crippen LogP contribution in [-0.2, 0) is 6.54 Å². The molecule has 2 aromatic heterocycles. The average molecular weight is 243 g/mol. The van der Waals surface area contributed by atoms with E-state index in [0.717, 1.165) is 21.9 Å². The molecule has 0 unspecified atom stereocenters. The third-order valence-corrected chi connectivity index (χ3v) is 3.64. The van der Waals surface area contributed by atoms with Gasteiger partial charge in [0.25, 0.3) is 0 Å². The summed E-state index contributed by atoms with van der Waals surface area (Å²) in [5.74, 6) is 0. The molecule has 86 valence electrons. The lowest BCUT2D eigenvalue weighted by atomic mass is 10.1. The van der Waals surface area contributed by atoms with Crippen molar-refractivity contribution in [3.63, 3.8) is 0 Å². The van der Waals surface area contributed by atoms with Crippen molar-refractivity contribution in [2.75, 3.05) is 0 Å². The van der Waals surface area contributed by atoms with Crippen LogP contribution in [0, 0.1) is 6.92 Å². The number of hydrogen-bond acceptors (Lipinski definition) is 3. The van der Waals surface area contributed by atoms with Crippen molar-refractivity contribution in [2.24, 2.45) is 5.73 Å². The summed E-state index contributed by atoms with van der Waals surface area (Å²) in [6.07, 6.45) is 2.02. The first-order valence-corrected chi connectivity index (χ1v) is 6.39. The van der Waals surface area contributed by atoms with E-state index in [9.17, 15) is 0 Å². The summed E-state index contributed by atoms with van der Waals surface area (Å²) < 4.78 is 2.07. The van der Waals surface area contributed by atoms with Crippen molar-refractivity contribution in [3.05, 3.63) is 47.1 Å². The lowest BCUT2D eigenvalue weighted by Gasteiger charge is -2.01. The molecule has 0 radical (unpaired) electrons. The maximum absolute atomic E-state index is 5.83. The Balaban J connectivity index is 2.22. The zero-order chi connectivity index (χ0) is 11.8. The highest BCUT2D eigenvalue weighted by Crippen LogP contribution is 2.26. The number of fused-ring (bicyclic) bond motifs is 1. The van der Waals surface area contributed by atoms with Gasteiger partial charge in [0.2, 0.25) is 0 Å². The lowest BCUT2D eigenvalue weighted by molar-refractivity contribution is 0.970. The largest absolute Gasteiger partial charge is 0.325 e. The van der Waals surface area contributed by atoms with Crippen LogP contribution in [-0.4, -0.2) is 9.38 Å². The molecule has 0 spiro atoms. The molecule has 0 saturated carbocycles. The molecule has 4 heteroatoms. The van der Waals surface area contributed by atoms with Gasteiger partial charge in [-0.2, -0.15) is 0 Å². The van der Waals surface area contributed by atoms with Crippen molar-refractivity contribution in [1.82, 2.24) is 9.38 Å². The predicted molar refractivity (Wildman–Crippen MR) is 71.1 cm³/mol. The monoisotopic (exact) mass is 243 g/mol. The van der Waals surface area contributed by atoms with Gasteiger partial charge in [-0.1, -0.05) is 29.8 Å². The van der Waals surface area contributed by atoms with Crippen molar-refractivity contribution in [1.29, 1.82) is 0 Å². The summed E-state index contributed by atoms with van der Waals surface area (Å²) in [5.41, 5.74) is 10.3. The highest BCUT2D eigenvalue weighted by molar-refractivity contribution is 7.15. The van der Waals surface area contributed by atoms with Crippen LogP contribution < -0.4 is 5.73 Å². The van der Waals surface area contributed by atoms with E-state index in [0.29, 0.717) is 6.54 Å². The van der Waals surface area contributed by atoms with Crippen molar-refractivity contribution >= 4 is 16.3 Å². The normalized spacial score (nSPS) is 11.2. The molecule has 17 heavy (non-hydrogen) atoms. The summed E-state index contributed by atoms with van der Waals surface area (Å²) in [6.45, 7) is 2.58. The van der Waals surface area contributed by atoms with Gasteiger partial charge in [-0.3, -0.25) is 4.40 Å². The topological polar surface area (TPSA) is 43.3 Å². The van der Waals surface area contributed by atoms with E-state index in [2.05, 4.69) is 40.6 Å². The van der Waals surface area contributed by atoms with E-state index in [1.807, 2.05) is 11.6 Å². The number of aromatic nitrogens is 2. The maximum Gasteiger partial charge on any atom is 0.194 e. The van der Waals surface area contributed by atoms with Crippen molar-refractivity contribution in [3.8, 4) is 11.3 Å². The van der Waals surface area contributed by atoms with Crippen LogP contribution in [0.15, 0.2) is 35.8 Å². The highest BCUT2D eigenvalue weighted by Gasteiger charge is 2.12. The van der Waals surface area contributed by atoms with E-state index in [-0.39, 0.29) is 0 Å². The van der Waals surface area contributed by atoms with Gasteiger partial charge >= 0.3 is 0 Å². The predicted octanol–water partition coefficient (Wildman–Crippen LogP) is 2.83. The number of imidazole rings is 1. The molecule has 0 bridgehead atoms. The quantitative estimate of drug-likeness (QED) is 0.752. The molecule has 0 aliphatic rings. The van der Waals surface area contributed by atoms with Gasteiger partial charge in [-0.05, 0) is 6.92 Å². The van der Waals surface area contributed by atoms with Crippen LogP contribution in [0.2, 0.25) is 0 Å². The van der Waals surface area contributed by atoms with Crippen LogP contribution in [0.25, 0.3) is 16.2 Å². The van der Waals surface area contributed by atoms with Gasteiger partial charge in [0.15, 0.2) is 4.96 Å². The second-order valence-electron chi connectivity index (χ2n) is 4.03. The van der Waals surface area contributed by atoms with E-state index in [4.69, 9.17) is 5.73 Å². The Morgan fingerprint density at radius 1 is 1.29 bits per heavy atom. The zero-order valence-electron chi connectivity index (χ0n) is 9.55. The first kappa shape index (κ1) is 10.5. The van der Waals surface area contributed by atoms with Gasteiger partial charge in [-0.15, -0.1) is 11.3 Å². The Bertz CT molecular complexity index is 649. The van der Waals surface area contributed by atoms with Gasteiger partial charge in [0.05, 0.1) is 11.4 Å². The van der Waals surface area contributed by atoms with Gasteiger partial charge < -0.3 is 5.73 Å². The summed E-state index contributed by atoms with van der Waals surface area (Å²) in [6, 6.07) is 8.40. The standard InChI is InChI=1S/C13H13N3S/c1-9-2-4-10(5-3-9)12-11(8-14)16-6-7-17-13(16)15-12/h2-7H,8,14H2,1H3. The van der Waals surface area contributed by atoms with Crippen LogP contribution in [0.1, 0.15) is 11.3 Å². The molecule has 0 aliphatic carbocycles. The second-order valence-corrected chi connectivity index (χ2v) is 4.91. The first-order valence-electron chi connectivity index (χ1n) is 5.51. The van der Waals surface area contributed by atoms with E-state index in [1.54, 1.807) is 11.3 Å².